The molecule has 0 aliphatic carbocycles. The Morgan fingerprint density at radius 3 is 2.45 bits per heavy atom. The summed E-state index contributed by atoms with van der Waals surface area (Å²) in [6.45, 7) is 5.08. The Hall–Kier alpha value is -1.30. The number of aliphatic hydroxyl groups excluding tert-OH is 1. The van der Waals surface area contributed by atoms with Crippen LogP contribution in [0.3, 0.4) is 0 Å². The maximum atomic E-state index is 10.2. The highest BCUT2D eigenvalue weighted by atomic mass is 16.5. The number of aliphatic hydroxyl groups is 1. The minimum Gasteiger partial charge on any atom is -0.497 e. The number of ether oxygens (including phenoxy) is 4. The third kappa shape index (κ3) is 5.36. The second kappa shape index (κ2) is 8.79. The molecule has 0 saturated heterocycles. The van der Waals surface area contributed by atoms with Crippen LogP contribution < -0.4 is 9.47 Å². The maximum Gasteiger partial charge on any atom is 0.125 e. The van der Waals surface area contributed by atoms with Crippen molar-refractivity contribution in [2.45, 2.75) is 26.1 Å². The van der Waals surface area contributed by atoms with E-state index in [0.717, 1.165) is 0 Å². The van der Waals surface area contributed by atoms with Gasteiger partial charge in [-0.25, -0.2) is 0 Å². The molecule has 114 valence electrons. The average molecular weight is 284 g/mol. The fourth-order valence-corrected chi connectivity index (χ4v) is 1.73. The molecule has 0 heterocycles. The van der Waals surface area contributed by atoms with Crippen molar-refractivity contribution in [3.8, 4) is 11.5 Å². The van der Waals surface area contributed by atoms with E-state index in [0.29, 0.717) is 30.3 Å². The first-order valence-electron chi connectivity index (χ1n) is 6.67. The van der Waals surface area contributed by atoms with Crippen molar-refractivity contribution in [2.24, 2.45) is 0 Å². The molecule has 1 rings (SSSR count). The van der Waals surface area contributed by atoms with E-state index in [1.165, 1.54) is 0 Å². The SMILES string of the molecule is COc1ccc(OC)c(C(O)COCCOC(C)C)c1. The molecule has 0 aliphatic rings. The summed E-state index contributed by atoms with van der Waals surface area (Å²) < 4.78 is 21.1. The molecular formula is C15H24O5. The summed E-state index contributed by atoms with van der Waals surface area (Å²) in [5.74, 6) is 1.28. The second-order valence-electron chi connectivity index (χ2n) is 4.62. The lowest BCUT2D eigenvalue weighted by Crippen LogP contribution is -2.14. The van der Waals surface area contributed by atoms with Crippen LogP contribution in [0.4, 0.5) is 0 Å². The number of rotatable bonds is 9. The summed E-state index contributed by atoms with van der Waals surface area (Å²) in [5.41, 5.74) is 0.650. The molecule has 1 unspecified atom stereocenters. The Morgan fingerprint density at radius 1 is 1.10 bits per heavy atom. The lowest BCUT2D eigenvalue weighted by Gasteiger charge is -2.16. The molecule has 5 nitrogen and oxygen atoms in total. The zero-order valence-electron chi connectivity index (χ0n) is 12.6. The van der Waals surface area contributed by atoms with E-state index in [1.54, 1.807) is 32.4 Å². The largest absolute Gasteiger partial charge is 0.497 e. The molecule has 20 heavy (non-hydrogen) atoms. The van der Waals surface area contributed by atoms with Crippen molar-refractivity contribution >= 4 is 0 Å². The van der Waals surface area contributed by atoms with Crippen LogP contribution in [-0.2, 0) is 9.47 Å². The summed E-state index contributed by atoms with van der Waals surface area (Å²) >= 11 is 0. The molecule has 0 radical (unpaired) electrons. The maximum absolute atomic E-state index is 10.2. The van der Waals surface area contributed by atoms with Crippen molar-refractivity contribution in [1.82, 2.24) is 0 Å². The molecule has 0 amide bonds. The first-order chi connectivity index (χ1) is 9.58. The van der Waals surface area contributed by atoms with Gasteiger partial charge in [-0.3, -0.25) is 0 Å². The molecule has 1 aromatic rings. The lowest BCUT2D eigenvalue weighted by atomic mass is 10.1. The van der Waals surface area contributed by atoms with Crippen LogP contribution in [0.2, 0.25) is 0 Å². The van der Waals surface area contributed by atoms with Crippen LogP contribution in [-0.4, -0.2) is 45.3 Å². The van der Waals surface area contributed by atoms with Gasteiger partial charge in [0.05, 0.1) is 40.1 Å². The second-order valence-corrected chi connectivity index (χ2v) is 4.62. The molecule has 5 heteroatoms. The predicted octanol–water partition coefficient (Wildman–Crippen LogP) is 2.18. The normalized spacial score (nSPS) is 12.5. The van der Waals surface area contributed by atoms with Crippen LogP contribution >= 0.6 is 0 Å². The first kappa shape index (κ1) is 16.8. The quantitative estimate of drug-likeness (QED) is 0.704. The van der Waals surface area contributed by atoms with Crippen molar-refractivity contribution < 1.29 is 24.1 Å². The Labute approximate surface area is 120 Å². The Balaban J connectivity index is 2.51. The predicted molar refractivity (Wildman–Crippen MR) is 76.4 cm³/mol. The first-order valence-corrected chi connectivity index (χ1v) is 6.67. The van der Waals surface area contributed by atoms with E-state index < -0.39 is 6.10 Å². The highest BCUT2D eigenvalue weighted by Crippen LogP contribution is 2.29. The van der Waals surface area contributed by atoms with E-state index in [1.807, 2.05) is 13.8 Å². The van der Waals surface area contributed by atoms with Crippen molar-refractivity contribution in [3.05, 3.63) is 23.8 Å². The summed E-state index contributed by atoms with van der Waals surface area (Å²) in [6, 6.07) is 5.29. The zero-order valence-corrected chi connectivity index (χ0v) is 12.6. The van der Waals surface area contributed by atoms with Gasteiger partial charge >= 0.3 is 0 Å². The number of hydrogen-bond acceptors (Lipinski definition) is 5. The summed E-state index contributed by atoms with van der Waals surface area (Å²) in [6.07, 6.45) is -0.582. The monoisotopic (exact) mass is 284 g/mol. The summed E-state index contributed by atoms with van der Waals surface area (Å²) in [5, 5.41) is 10.2. The molecule has 0 spiro atoms. The molecule has 0 aromatic heterocycles. The topological polar surface area (TPSA) is 57.2 Å². The lowest BCUT2D eigenvalue weighted by molar-refractivity contribution is -0.0115. The van der Waals surface area contributed by atoms with Gasteiger partial charge in [0.15, 0.2) is 0 Å². The highest BCUT2D eigenvalue weighted by Gasteiger charge is 2.14. The average Bonchev–Trinajstić information content (AvgIpc) is 2.45. The van der Waals surface area contributed by atoms with Gasteiger partial charge in [0.2, 0.25) is 0 Å². The third-order valence-corrected chi connectivity index (χ3v) is 2.75. The molecule has 1 atom stereocenters. The number of hydrogen-bond donors (Lipinski definition) is 1. The van der Waals surface area contributed by atoms with Crippen LogP contribution in [0.1, 0.15) is 25.5 Å². The fourth-order valence-electron chi connectivity index (χ4n) is 1.73. The van der Waals surface area contributed by atoms with Crippen molar-refractivity contribution in [3.63, 3.8) is 0 Å². The van der Waals surface area contributed by atoms with Crippen LogP contribution in [0.5, 0.6) is 11.5 Å². The molecule has 0 saturated carbocycles. The summed E-state index contributed by atoms with van der Waals surface area (Å²) in [7, 11) is 3.15. The van der Waals surface area contributed by atoms with Gasteiger partial charge in [0.1, 0.15) is 17.6 Å². The van der Waals surface area contributed by atoms with E-state index in [2.05, 4.69) is 0 Å². The Bertz CT molecular complexity index is 392. The Morgan fingerprint density at radius 2 is 1.85 bits per heavy atom. The van der Waals surface area contributed by atoms with E-state index in [-0.39, 0.29) is 12.7 Å². The van der Waals surface area contributed by atoms with Gasteiger partial charge < -0.3 is 24.1 Å². The van der Waals surface area contributed by atoms with Gasteiger partial charge in [-0.2, -0.15) is 0 Å². The molecular weight excluding hydrogens is 260 g/mol. The minimum absolute atomic E-state index is 0.182. The minimum atomic E-state index is -0.765. The van der Waals surface area contributed by atoms with E-state index in [4.69, 9.17) is 18.9 Å². The number of methoxy groups -OCH3 is 2. The van der Waals surface area contributed by atoms with E-state index >= 15 is 0 Å². The molecule has 0 bridgehead atoms. The molecule has 0 fully saturated rings. The van der Waals surface area contributed by atoms with Crippen molar-refractivity contribution in [2.75, 3.05) is 34.0 Å². The third-order valence-electron chi connectivity index (χ3n) is 2.75. The van der Waals surface area contributed by atoms with Gasteiger partial charge in [-0.05, 0) is 32.0 Å². The van der Waals surface area contributed by atoms with E-state index in [9.17, 15) is 5.11 Å². The zero-order chi connectivity index (χ0) is 15.0. The number of benzene rings is 1. The standard InChI is InChI=1S/C15H24O5/c1-11(2)20-8-7-19-10-14(16)13-9-12(17-3)5-6-15(13)18-4/h5-6,9,11,14,16H,7-8,10H2,1-4H3. The van der Waals surface area contributed by atoms with Gasteiger partial charge in [0, 0.05) is 5.56 Å². The van der Waals surface area contributed by atoms with Gasteiger partial charge in [-0.1, -0.05) is 0 Å². The van der Waals surface area contributed by atoms with Gasteiger partial charge in [-0.15, -0.1) is 0 Å². The van der Waals surface area contributed by atoms with Crippen LogP contribution in [0.15, 0.2) is 18.2 Å². The van der Waals surface area contributed by atoms with Crippen LogP contribution in [0, 0.1) is 0 Å². The molecule has 0 aliphatic heterocycles. The van der Waals surface area contributed by atoms with Gasteiger partial charge in [0.25, 0.3) is 0 Å². The Kier molecular flexibility index (Phi) is 7.36. The van der Waals surface area contributed by atoms with Crippen molar-refractivity contribution in [1.29, 1.82) is 0 Å². The fraction of sp³-hybridized carbons (Fsp3) is 0.600. The molecule has 1 N–H and O–H groups in total. The highest BCUT2D eigenvalue weighted by molar-refractivity contribution is 5.41. The van der Waals surface area contributed by atoms with Crippen LogP contribution in [0.25, 0.3) is 0 Å². The smallest absolute Gasteiger partial charge is 0.125 e. The summed E-state index contributed by atoms with van der Waals surface area (Å²) in [4.78, 5) is 0. The molecule has 1 aromatic carbocycles.